The molecule has 2 heterocycles. The van der Waals surface area contributed by atoms with Gasteiger partial charge in [-0.15, -0.1) is 11.3 Å². The molecule has 1 aromatic carbocycles. The van der Waals surface area contributed by atoms with Gasteiger partial charge in [-0.1, -0.05) is 6.07 Å². The lowest BCUT2D eigenvalue weighted by Crippen LogP contribution is -2.26. The molecule has 1 aromatic heterocycles. The number of benzene rings is 1. The molecular formula is C20H25N3O2S. The smallest absolute Gasteiger partial charge is 0.257 e. The van der Waals surface area contributed by atoms with Crippen molar-refractivity contribution in [2.75, 3.05) is 18.4 Å². The van der Waals surface area contributed by atoms with Gasteiger partial charge in [0.25, 0.3) is 5.91 Å². The van der Waals surface area contributed by atoms with Crippen molar-refractivity contribution in [3.05, 3.63) is 40.9 Å². The Labute approximate surface area is 158 Å². The predicted molar refractivity (Wildman–Crippen MR) is 104 cm³/mol. The Balaban J connectivity index is 1.39. The van der Waals surface area contributed by atoms with Gasteiger partial charge in [0.05, 0.1) is 6.10 Å². The highest BCUT2D eigenvalue weighted by Crippen LogP contribution is 2.32. The van der Waals surface area contributed by atoms with Crippen LogP contribution in [-0.2, 0) is 0 Å². The first kappa shape index (κ1) is 17.5. The summed E-state index contributed by atoms with van der Waals surface area (Å²) in [6.45, 7) is 2.11. The van der Waals surface area contributed by atoms with E-state index < -0.39 is 0 Å². The van der Waals surface area contributed by atoms with Crippen molar-refractivity contribution < 1.29 is 9.53 Å². The van der Waals surface area contributed by atoms with Gasteiger partial charge in [-0.3, -0.25) is 10.1 Å². The fraction of sp³-hybridized carbons (Fsp3) is 0.500. The third-order valence-electron chi connectivity index (χ3n) is 5.19. The molecule has 6 heteroatoms. The van der Waals surface area contributed by atoms with E-state index in [1.54, 1.807) is 11.3 Å². The molecule has 4 rings (SSSR count). The average molecular weight is 372 g/mol. The number of thiazole rings is 1. The van der Waals surface area contributed by atoms with Crippen LogP contribution in [0.15, 0.2) is 30.5 Å². The molecule has 0 radical (unpaired) electrons. The maximum absolute atomic E-state index is 12.6. The van der Waals surface area contributed by atoms with Crippen LogP contribution < -0.4 is 15.4 Å². The first-order valence-corrected chi connectivity index (χ1v) is 10.3. The maximum atomic E-state index is 12.6. The highest BCUT2D eigenvalue weighted by atomic mass is 32.1. The molecule has 1 amide bonds. The van der Waals surface area contributed by atoms with Crippen LogP contribution in [-0.4, -0.2) is 30.1 Å². The number of ether oxygens (including phenoxy) is 1. The molecule has 1 aliphatic carbocycles. The van der Waals surface area contributed by atoms with Gasteiger partial charge in [0.2, 0.25) is 0 Å². The number of nitrogens with zero attached hydrogens (tertiary/aromatic N) is 1. The van der Waals surface area contributed by atoms with E-state index in [1.807, 2.05) is 30.5 Å². The van der Waals surface area contributed by atoms with Crippen molar-refractivity contribution in [1.29, 1.82) is 0 Å². The molecule has 2 aliphatic rings. The number of anilines is 1. The van der Waals surface area contributed by atoms with E-state index in [1.165, 1.54) is 17.7 Å². The van der Waals surface area contributed by atoms with E-state index in [9.17, 15) is 4.79 Å². The number of carbonyl (C=O) groups is 1. The third kappa shape index (κ3) is 4.24. The molecule has 0 bridgehead atoms. The Morgan fingerprint density at radius 1 is 1.19 bits per heavy atom. The number of hydrogen-bond acceptors (Lipinski definition) is 5. The Hall–Kier alpha value is -1.92. The molecule has 2 aromatic rings. The zero-order valence-electron chi connectivity index (χ0n) is 14.9. The van der Waals surface area contributed by atoms with E-state index in [4.69, 9.17) is 4.74 Å². The minimum absolute atomic E-state index is 0.131. The van der Waals surface area contributed by atoms with Crippen LogP contribution in [0.4, 0.5) is 5.13 Å². The van der Waals surface area contributed by atoms with Gasteiger partial charge in [0, 0.05) is 16.6 Å². The van der Waals surface area contributed by atoms with Crippen molar-refractivity contribution in [3.8, 4) is 5.75 Å². The summed E-state index contributed by atoms with van der Waals surface area (Å²) in [6.07, 6.45) is 9.15. The van der Waals surface area contributed by atoms with E-state index in [-0.39, 0.29) is 5.91 Å². The molecule has 1 aliphatic heterocycles. The standard InChI is InChI=1S/C20H25N3O2S/c24-19(15-4-3-7-17(12-15)25-16-5-1-2-6-16)23-20-22-13-18(26-20)14-8-10-21-11-9-14/h3-4,7,12-14,16,21H,1-2,5-6,8-11H2,(H,22,23,24). The molecular weight excluding hydrogens is 346 g/mol. The fourth-order valence-electron chi connectivity index (χ4n) is 3.72. The van der Waals surface area contributed by atoms with Crippen LogP contribution in [0, 0.1) is 0 Å². The van der Waals surface area contributed by atoms with Crippen molar-refractivity contribution in [3.63, 3.8) is 0 Å². The van der Waals surface area contributed by atoms with E-state index in [0.717, 1.165) is 44.5 Å². The van der Waals surface area contributed by atoms with Crippen LogP contribution in [0.1, 0.15) is 59.7 Å². The molecule has 1 saturated carbocycles. The minimum atomic E-state index is -0.131. The van der Waals surface area contributed by atoms with Gasteiger partial charge in [-0.05, 0) is 75.7 Å². The Morgan fingerprint density at radius 2 is 2.00 bits per heavy atom. The number of hydrogen-bond donors (Lipinski definition) is 2. The number of amides is 1. The molecule has 26 heavy (non-hydrogen) atoms. The zero-order chi connectivity index (χ0) is 17.8. The number of piperidine rings is 1. The lowest BCUT2D eigenvalue weighted by atomic mass is 9.97. The zero-order valence-corrected chi connectivity index (χ0v) is 15.7. The van der Waals surface area contributed by atoms with Gasteiger partial charge >= 0.3 is 0 Å². The lowest BCUT2D eigenvalue weighted by molar-refractivity contribution is 0.102. The van der Waals surface area contributed by atoms with Crippen LogP contribution in [0.3, 0.4) is 0 Å². The molecule has 2 N–H and O–H groups in total. The van der Waals surface area contributed by atoms with Gasteiger partial charge in [0.1, 0.15) is 5.75 Å². The second-order valence-corrected chi connectivity index (χ2v) is 8.16. The summed E-state index contributed by atoms with van der Waals surface area (Å²) in [5.74, 6) is 1.20. The van der Waals surface area contributed by atoms with Crippen LogP contribution in [0.5, 0.6) is 5.75 Å². The normalized spacial score (nSPS) is 18.8. The molecule has 0 atom stereocenters. The van der Waals surface area contributed by atoms with Crippen molar-refractivity contribution >= 4 is 22.4 Å². The highest BCUT2D eigenvalue weighted by molar-refractivity contribution is 7.15. The first-order valence-electron chi connectivity index (χ1n) is 9.52. The van der Waals surface area contributed by atoms with Crippen molar-refractivity contribution in [1.82, 2.24) is 10.3 Å². The molecule has 0 unspecified atom stereocenters. The van der Waals surface area contributed by atoms with Crippen molar-refractivity contribution in [2.45, 2.75) is 50.5 Å². The first-order chi connectivity index (χ1) is 12.8. The van der Waals surface area contributed by atoms with E-state index in [2.05, 4.69) is 15.6 Å². The van der Waals surface area contributed by atoms with Crippen LogP contribution in [0.25, 0.3) is 0 Å². The molecule has 5 nitrogen and oxygen atoms in total. The second kappa shape index (κ2) is 8.18. The van der Waals surface area contributed by atoms with Gasteiger partial charge in [0.15, 0.2) is 5.13 Å². The monoisotopic (exact) mass is 371 g/mol. The van der Waals surface area contributed by atoms with Crippen molar-refractivity contribution in [2.24, 2.45) is 0 Å². The summed E-state index contributed by atoms with van der Waals surface area (Å²) in [4.78, 5) is 18.2. The molecule has 2 fully saturated rings. The Bertz CT molecular complexity index is 749. The SMILES string of the molecule is O=C(Nc1ncc(C2CCNCC2)s1)c1cccc(OC2CCCC2)c1. The number of aromatic nitrogens is 1. The highest BCUT2D eigenvalue weighted by Gasteiger charge is 2.19. The molecule has 1 saturated heterocycles. The minimum Gasteiger partial charge on any atom is -0.490 e. The second-order valence-electron chi connectivity index (χ2n) is 7.10. The largest absolute Gasteiger partial charge is 0.490 e. The lowest BCUT2D eigenvalue weighted by Gasteiger charge is -2.20. The number of carbonyl (C=O) groups excluding carboxylic acids is 1. The summed E-state index contributed by atoms with van der Waals surface area (Å²) in [5, 5.41) is 6.99. The summed E-state index contributed by atoms with van der Waals surface area (Å²) in [5.41, 5.74) is 0.610. The van der Waals surface area contributed by atoms with Gasteiger partial charge in [-0.25, -0.2) is 4.98 Å². The summed E-state index contributed by atoms with van der Waals surface area (Å²) in [6, 6.07) is 7.45. The van der Waals surface area contributed by atoms with Crippen LogP contribution in [0.2, 0.25) is 0 Å². The third-order valence-corrected chi connectivity index (χ3v) is 6.26. The molecule has 0 spiro atoms. The predicted octanol–water partition coefficient (Wildman–Crippen LogP) is 4.18. The van der Waals surface area contributed by atoms with E-state index in [0.29, 0.717) is 22.7 Å². The Kier molecular flexibility index (Phi) is 5.51. The summed E-state index contributed by atoms with van der Waals surface area (Å²) < 4.78 is 6.00. The maximum Gasteiger partial charge on any atom is 0.257 e. The van der Waals surface area contributed by atoms with Crippen LogP contribution >= 0.6 is 11.3 Å². The topological polar surface area (TPSA) is 63.2 Å². The van der Waals surface area contributed by atoms with E-state index >= 15 is 0 Å². The van der Waals surface area contributed by atoms with Gasteiger partial charge in [-0.2, -0.15) is 0 Å². The number of nitrogens with one attached hydrogen (secondary N) is 2. The quantitative estimate of drug-likeness (QED) is 0.827. The average Bonchev–Trinajstić information content (AvgIpc) is 3.35. The fourth-order valence-corrected chi connectivity index (χ4v) is 4.70. The van der Waals surface area contributed by atoms with Gasteiger partial charge < -0.3 is 10.1 Å². The number of rotatable bonds is 5. The summed E-state index contributed by atoms with van der Waals surface area (Å²) in [7, 11) is 0. The molecule has 138 valence electrons. The summed E-state index contributed by atoms with van der Waals surface area (Å²) >= 11 is 1.59. The Morgan fingerprint density at radius 3 is 2.81 bits per heavy atom.